The molecule has 0 aliphatic carbocycles. The predicted octanol–water partition coefficient (Wildman–Crippen LogP) is 3.00. The van der Waals surface area contributed by atoms with Gasteiger partial charge in [-0.05, 0) is 43.7 Å². The summed E-state index contributed by atoms with van der Waals surface area (Å²) in [4.78, 5) is 16.4. The van der Waals surface area contributed by atoms with Crippen molar-refractivity contribution in [1.82, 2.24) is 9.55 Å². The van der Waals surface area contributed by atoms with Gasteiger partial charge in [-0.3, -0.25) is 9.36 Å². The molecule has 0 fully saturated rings. The van der Waals surface area contributed by atoms with Gasteiger partial charge in [0.15, 0.2) is 0 Å². The van der Waals surface area contributed by atoms with Gasteiger partial charge in [-0.25, -0.2) is 4.98 Å². The molecule has 2 heterocycles. The van der Waals surface area contributed by atoms with Crippen molar-refractivity contribution >= 4 is 10.9 Å². The SMILES string of the molecule is Cc1ccc2nc(-n3cc(C)ccc3=O)ccc2c1. The first kappa shape index (κ1) is 11.7. The standard InChI is InChI=1S/C16H14N2O/c1-11-3-6-14-13(9-11)5-7-15(17-14)18-10-12(2)4-8-16(18)19/h3-10H,1-2H3. The van der Waals surface area contributed by atoms with E-state index in [9.17, 15) is 4.79 Å². The van der Waals surface area contributed by atoms with Gasteiger partial charge in [0.2, 0.25) is 0 Å². The van der Waals surface area contributed by atoms with Crippen LogP contribution in [0, 0.1) is 13.8 Å². The molecule has 3 rings (SSSR count). The van der Waals surface area contributed by atoms with Crippen LogP contribution in [0.25, 0.3) is 16.7 Å². The highest BCUT2D eigenvalue weighted by Crippen LogP contribution is 2.15. The summed E-state index contributed by atoms with van der Waals surface area (Å²) in [6, 6.07) is 13.3. The lowest BCUT2D eigenvalue weighted by Crippen LogP contribution is -2.17. The molecule has 0 amide bonds. The lowest BCUT2D eigenvalue weighted by atomic mass is 10.1. The molecule has 19 heavy (non-hydrogen) atoms. The summed E-state index contributed by atoms with van der Waals surface area (Å²) < 4.78 is 1.58. The fourth-order valence-electron chi connectivity index (χ4n) is 2.14. The number of pyridine rings is 2. The molecular weight excluding hydrogens is 236 g/mol. The zero-order valence-corrected chi connectivity index (χ0v) is 10.9. The molecule has 0 atom stereocenters. The Kier molecular flexibility index (Phi) is 2.67. The van der Waals surface area contributed by atoms with E-state index >= 15 is 0 Å². The largest absolute Gasteiger partial charge is 0.269 e. The number of aromatic nitrogens is 2. The van der Waals surface area contributed by atoms with Crippen LogP contribution in [0.3, 0.4) is 0 Å². The third-order valence-electron chi connectivity index (χ3n) is 3.14. The highest BCUT2D eigenvalue weighted by molar-refractivity contribution is 5.80. The Bertz CT molecular complexity index is 818. The maximum Gasteiger partial charge on any atom is 0.256 e. The average molecular weight is 250 g/mol. The summed E-state index contributed by atoms with van der Waals surface area (Å²) in [5.41, 5.74) is 3.07. The summed E-state index contributed by atoms with van der Waals surface area (Å²) in [5, 5.41) is 1.09. The third-order valence-corrected chi connectivity index (χ3v) is 3.14. The minimum Gasteiger partial charge on any atom is -0.269 e. The van der Waals surface area contributed by atoms with Crippen LogP contribution in [0.1, 0.15) is 11.1 Å². The van der Waals surface area contributed by atoms with Crippen molar-refractivity contribution in [2.45, 2.75) is 13.8 Å². The van der Waals surface area contributed by atoms with Crippen molar-refractivity contribution in [3.8, 4) is 5.82 Å². The smallest absolute Gasteiger partial charge is 0.256 e. The molecule has 0 unspecified atom stereocenters. The molecule has 3 aromatic rings. The lowest BCUT2D eigenvalue weighted by molar-refractivity contribution is 0.939. The first-order valence-electron chi connectivity index (χ1n) is 6.20. The highest BCUT2D eigenvalue weighted by Gasteiger charge is 2.03. The maximum absolute atomic E-state index is 11.9. The van der Waals surface area contributed by atoms with E-state index in [4.69, 9.17) is 0 Å². The van der Waals surface area contributed by atoms with E-state index in [1.54, 1.807) is 10.6 Å². The Morgan fingerprint density at radius 2 is 1.74 bits per heavy atom. The molecule has 0 spiro atoms. The maximum atomic E-state index is 11.9. The van der Waals surface area contributed by atoms with E-state index in [-0.39, 0.29) is 5.56 Å². The van der Waals surface area contributed by atoms with Crippen LogP contribution in [0.5, 0.6) is 0 Å². The van der Waals surface area contributed by atoms with Crippen molar-refractivity contribution in [3.63, 3.8) is 0 Å². The zero-order chi connectivity index (χ0) is 13.4. The first-order chi connectivity index (χ1) is 9.13. The normalized spacial score (nSPS) is 10.8. The first-order valence-corrected chi connectivity index (χ1v) is 6.20. The second-order valence-electron chi connectivity index (χ2n) is 4.78. The van der Waals surface area contributed by atoms with E-state index in [1.807, 2.05) is 43.5 Å². The summed E-state index contributed by atoms with van der Waals surface area (Å²) in [5.74, 6) is 0.657. The monoisotopic (exact) mass is 250 g/mol. The van der Waals surface area contributed by atoms with Crippen molar-refractivity contribution in [1.29, 1.82) is 0 Å². The molecule has 0 saturated heterocycles. The Morgan fingerprint density at radius 1 is 0.947 bits per heavy atom. The van der Waals surface area contributed by atoms with E-state index < -0.39 is 0 Å². The molecule has 3 heteroatoms. The molecule has 3 nitrogen and oxygen atoms in total. The molecule has 2 aromatic heterocycles. The molecule has 0 aliphatic heterocycles. The lowest BCUT2D eigenvalue weighted by Gasteiger charge is -2.07. The van der Waals surface area contributed by atoms with Gasteiger partial charge in [0.25, 0.3) is 5.56 Å². The quantitative estimate of drug-likeness (QED) is 0.665. The number of hydrogen-bond acceptors (Lipinski definition) is 2. The molecule has 94 valence electrons. The van der Waals surface area contributed by atoms with Gasteiger partial charge in [-0.1, -0.05) is 17.7 Å². The Hall–Kier alpha value is -2.42. The number of aryl methyl sites for hydroxylation is 2. The second kappa shape index (κ2) is 4.35. The summed E-state index contributed by atoms with van der Waals surface area (Å²) in [6.07, 6.45) is 1.81. The van der Waals surface area contributed by atoms with Gasteiger partial charge in [-0.15, -0.1) is 0 Å². The Morgan fingerprint density at radius 3 is 2.58 bits per heavy atom. The average Bonchev–Trinajstić information content (AvgIpc) is 2.41. The van der Waals surface area contributed by atoms with E-state index in [1.165, 1.54) is 5.56 Å². The van der Waals surface area contributed by atoms with Crippen LogP contribution in [0.4, 0.5) is 0 Å². The topological polar surface area (TPSA) is 34.9 Å². The van der Waals surface area contributed by atoms with Crippen LogP contribution in [0.2, 0.25) is 0 Å². The Balaban J connectivity index is 2.23. The van der Waals surface area contributed by atoms with Crippen molar-refractivity contribution in [2.75, 3.05) is 0 Å². The number of fused-ring (bicyclic) bond motifs is 1. The van der Waals surface area contributed by atoms with Crippen LogP contribution in [0.15, 0.2) is 53.5 Å². The zero-order valence-electron chi connectivity index (χ0n) is 10.9. The molecular formula is C16H14N2O. The van der Waals surface area contributed by atoms with Crippen LogP contribution in [-0.2, 0) is 0 Å². The summed E-state index contributed by atoms with van der Waals surface area (Å²) in [7, 11) is 0. The highest BCUT2D eigenvalue weighted by atomic mass is 16.1. The third kappa shape index (κ3) is 2.15. The van der Waals surface area contributed by atoms with Crippen LogP contribution >= 0.6 is 0 Å². The van der Waals surface area contributed by atoms with Crippen molar-refractivity contribution < 1.29 is 0 Å². The van der Waals surface area contributed by atoms with Gasteiger partial charge in [0.1, 0.15) is 5.82 Å². The van der Waals surface area contributed by atoms with E-state index in [2.05, 4.69) is 18.0 Å². The van der Waals surface area contributed by atoms with Gasteiger partial charge in [0.05, 0.1) is 5.52 Å². The number of hydrogen-bond donors (Lipinski definition) is 0. The fourth-order valence-corrected chi connectivity index (χ4v) is 2.14. The molecule has 1 aromatic carbocycles. The predicted molar refractivity (Wildman–Crippen MR) is 76.8 cm³/mol. The van der Waals surface area contributed by atoms with Gasteiger partial charge in [-0.2, -0.15) is 0 Å². The number of rotatable bonds is 1. The van der Waals surface area contributed by atoms with Crippen LogP contribution < -0.4 is 5.56 Å². The van der Waals surface area contributed by atoms with Gasteiger partial charge >= 0.3 is 0 Å². The van der Waals surface area contributed by atoms with E-state index in [0.29, 0.717) is 5.82 Å². The van der Waals surface area contributed by atoms with Crippen LogP contribution in [-0.4, -0.2) is 9.55 Å². The Labute approximate surface area is 111 Å². The second-order valence-corrected chi connectivity index (χ2v) is 4.78. The molecule has 0 bridgehead atoms. The fraction of sp³-hybridized carbons (Fsp3) is 0.125. The van der Waals surface area contributed by atoms with Crippen molar-refractivity contribution in [3.05, 3.63) is 70.1 Å². The molecule has 0 aliphatic rings. The summed E-state index contributed by atoms with van der Waals surface area (Å²) in [6.45, 7) is 4.01. The minimum absolute atomic E-state index is 0.0652. The molecule has 0 N–H and O–H groups in total. The van der Waals surface area contributed by atoms with Gasteiger partial charge in [0, 0.05) is 17.6 Å². The number of benzene rings is 1. The number of nitrogens with zero attached hydrogens (tertiary/aromatic N) is 2. The van der Waals surface area contributed by atoms with E-state index in [0.717, 1.165) is 16.5 Å². The summed E-state index contributed by atoms with van der Waals surface area (Å²) >= 11 is 0. The molecule has 0 saturated carbocycles. The molecule has 0 radical (unpaired) electrons. The van der Waals surface area contributed by atoms with Crippen molar-refractivity contribution in [2.24, 2.45) is 0 Å². The van der Waals surface area contributed by atoms with Gasteiger partial charge < -0.3 is 0 Å². The minimum atomic E-state index is -0.0652.